The van der Waals surface area contributed by atoms with Crippen LogP contribution in [0.1, 0.15) is 80.5 Å². The number of carbonyl (C=O) groups is 1. The first-order valence-electron chi connectivity index (χ1n) is 13.6. The molecule has 3 fully saturated rings. The third kappa shape index (κ3) is 5.34. The highest BCUT2D eigenvalue weighted by Gasteiger charge is 2.45. The fourth-order valence-electron chi connectivity index (χ4n) is 6.62. The number of fused-ring (bicyclic) bond motifs is 2. The van der Waals surface area contributed by atoms with Crippen LogP contribution in [0.3, 0.4) is 0 Å². The number of piperidine rings is 2. The summed E-state index contributed by atoms with van der Waals surface area (Å²) in [5.41, 5.74) is 1.47. The molecule has 0 unspecified atom stereocenters. The van der Waals surface area contributed by atoms with Gasteiger partial charge in [-0.3, -0.25) is 4.79 Å². The van der Waals surface area contributed by atoms with E-state index in [1.54, 1.807) is 4.88 Å². The van der Waals surface area contributed by atoms with Gasteiger partial charge in [0.05, 0.1) is 12.2 Å². The summed E-state index contributed by atoms with van der Waals surface area (Å²) in [6.45, 7) is 11.1. The van der Waals surface area contributed by atoms with Crippen LogP contribution in [0.5, 0.6) is 0 Å². The van der Waals surface area contributed by atoms with Crippen LogP contribution in [-0.4, -0.2) is 67.1 Å². The maximum absolute atomic E-state index is 12.4. The molecule has 2 atom stereocenters. The van der Waals surface area contributed by atoms with Crippen molar-refractivity contribution < 1.29 is 9.53 Å². The summed E-state index contributed by atoms with van der Waals surface area (Å²) in [7, 11) is 0. The summed E-state index contributed by atoms with van der Waals surface area (Å²) < 4.78 is 6.51. The van der Waals surface area contributed by atoms with Crippen molar-refractivity contribution >= 4 is 17.2 Å². The molecule has 1 saturated carbocycles. The maximum atomic E-state index is 12.4. The van der Waals surface area contributed by atoms with Gasteiger partial charge in [-0.2, -0.15) is 0 Å². The Bertz CT molecular complexity index is 814. The fourth-order valence-corrected chi connectivity index (χ4v) is 7.80. The fraction of sp³-hybridized carbons (Fsp3) is 0.815. The monoisotopic (exact) mass is 473 g/mol. The Morgan fingerprint density at radius 2 is 2.06 bits per heavy atom. The van der Waals surface area contributed by atoms with E-state index in [1.165, 1.54) is 49.3 Å². The largest absolute Gasteiger partial charge is 0.370 e. The van der Waals surface area contributed by atoms with Crippen molar-refractivity contribution in [3.8, 4) is 0 Å². The van der Waals surface area contributed by atoms with Gasteiger partial charge in [0.15, 0.2) is 0 Å². The summed E-state index contributed by atoms with van der Waals surface area (Å²) in [6, 6.07) is 3.40. The van der Waals surface area contributed by atoms with Crippen molar-refractivity contribution in [3.05, 3.63) is 21.4 Å². The molecule has 1 spiro atoms. The van der Waals surface area contributed by atoms with Crippen molar-refractivity contribution in [2.24, 2.45) is 5.92 Å². The summed E-state index contributed by atoms with van der Waals surface area (Å²) in [6.07, 6.45) is 11.4. The molecule has 1 N–H and O–H groups in total. The molecule has 184 valence electrons. The van der Waals surface area contributed by atoms with E-state index in [4.69, 9.17) is 4.74 Å². The number of likely N-dealkylation sites (tertiary alicyclic amines) is 2. The third-order valence-electron chi connectivity index (χ3n) is 8.66. The molecule has 6 heteroatoms. The second-order valence-corrected chi connectivity index (χ2v) is 12.3. The van der Waals surface area contributed by atoms with E-state index in [2.05, 4.69) is 35.0 Å². The van der Waals surface area contributed by atoms with Gasteiger partial charge in [-0.25, -0.2) is 0 Å². The average molecular weight is 474 g/mol. The highest BCUT2D eigenvalue weighted by Crippen LogP contribution is 2.46. The van der Waals surface area contributed by atoms with E-state index < -0.39 is 0 Å². The molecule has 1 aromatic heterocycles. The molecule has 1 aliphatic carbocycles. The number of amides is 1. The van der Waals surface area contributed by atoms with E-state index in [0.717, 1.165) is 64.1 Å². The van der Waals surface area contributed by atoms with Crippen LogP contribution in [0, 0.1) is 5.92 Å². The molecule has 4 aliphatic rings. The topological polar surface area (TPSA) is 44.8 Å². The molecule has 2 saturated heterocycles. The minimum Gasteiger partial charge on any atom is -0.370 e. The van der Waals surface area contributed by atoms with Crippen molar-refractivity contribution in [2.45, 2.75) is 95.7 Å². The molecular weight excluding hydrogens is 430 g/mol. The number of nitrogens with zero attached hydrogens (tertiary/aromatic N) is 2. The van der Waals surface area contributed by atoms with Gasteiger partial charge in [-0.05, 0) is 82.5 Å². The van der Waals surface area contributed by atoms with Gasteiger partial charge in [0.2, 0.25) is 5.91 Å². The Morgan fingerprint density at radius 1 is 1.24 bits per heavy atom. The van der Waals surface area contributed by atoms with Crippen LogP contribution in [0.25, 0.3) is 0 Å². The van der Waals surface area contributed by atoms with Crippen molar-refractivity contribution in [3.63, 3.8) is 0 Å². The first-order valence-corrected chi connectivity index (χ1v) is 14.4. The van der Waals surface area contributed by atoms with Crippen LogP contribution >= 0.6 is 11.3 Å². The number of hydrogen-bond acceptors (Lipinski definition) is 5. The summed E-state index contributed by atoms with van der Waals surface area (Å²) >= 11 is 2.01. The summed E-state index contributed by atoms with van der Waals surface area (Å²) in [5, 5.41) is 3.30. The number of thiophene rings is 1. The van der Waals surface area contributed by atoms with Gasteiger partial charge in [-0.1, -0.05) is 13.3 Å². The van der Waals surface area contributed by atoms with Crippen LogP contribution in [0.4, 0.5) is 0 Å². The normalized spacial score (nSPS) is 33.0. The second kappa shape index (κ2) is 10.3. The van der Waals surface area contributed by atoms with Crippen LogP contribution in [0.15, 0.2) is 6.07 Å². The minimum absolute atomic E-state index is 0.0437. The molecule has 5 rings (SSSR count). The van der Waals surface area contributed by atoms with Crippen LogP contribution in [0.2, 0.25) is 0 Å². The molecule has 4 heterocycles. The number of nitrogens with one attached hydrogen (secondary N) is 1. The molecule has 0 aromatic carbocycles. The number of ether oxygens (including phenoxy) is 1. The molecule has 0 radical (unpaired) electrons. The van der Waals surface area contributed by atoms with Crippen molar-refractivity contribution in [1.29, 1.82) is 0 Å². The first-order chi connectivity index (χ1) is 16.0. The summed E-state index contributed by atoms with van der Waals surface area (Å²) in [4.78, 5) is 20.6. The minimum atomic E-state index is -0.0437. The van der Waals surface area contributed by atoms with Gasteiger partial charge in [0.25, 0.3) is 0 Å². The average Bonchev–Trinajstić information content (AvgIpc) is 3.24. The van der Waals surface area contributed by atoms with E-state index in [9.17, 15) is 4.79 Å². The number of hydrogen-bond donors (Lipinski definition) is 1. The Hall–Kier alpha value is -0.950. The number of carbonyl (C=O) groups excluding carboxylic acids is 1. The Labute approximate surface area is 204 Å². The van der Waals surface area contributed by atoms with Gasteiger partial charge >= 0.3 is 0 Å². The molecule has 1 amide bonds. The van der Waals surface area contributed by atoms with E-state index >= 15 is 0 Å². The zero-order valence-electron chi connectivity index (χ0n) is 20.7. The smallest absolute Gasteiger partial charge is 0.221 e. The predicted molar refractivity (Wildman–Crippen MR) is 135 cm³/mol. The maximum Gasteiger partial charge on any atom is 0.221 e. The quantitative estimate of drug-likeness (QED) is 0.640. The third-order valence-corrected chi connectivity index (χ3v) is 9.99. The van der Waals surface area contributed by atoms with E-state index in [1.807, 2.05) is 11.3 Å². The highest BCUT2D eigenvalue weighted by atomic mass is 32.1. The van der Waals surface area contributed by atoms with Crippen molar-refractivity contribution in [1.82, 2.24) is 15.1 Å². The first kappa shape index (κ1) is 23.8. The molecule has 0 bridgehead atoms. The molecule has 33 heavy (non-hydrogen) atoms. The lowest BCUT2D eigenvalue weighted by atomic mass is 9.76. The molecule has 1 aromatic rings. The van der Waals surface area contributed by atoms with Gasteiger partial charge in [-0.15, -0.1) is 11.3 Å². The SMILES string of the molecule is CCc1cc2c(s1)CCO[C@@]21CCN(C[C@H]2C[C@@H](NC(=O)CCN3CCCCC3)C2)[C@@H](C)C1. The van der Waals surface area contributed by atoms with Gasteiger partial charge < -0.3 is 19.9 Å². The van der Waals surface area contributed by atoms with Gasteiger partial charge in [0.1, 0.15) is 0 Å². The predicted octanol–water partition coefficient (Wildman–Crippen LogP) is 4.33. The van der Waals surface area contributed by atoms with E-state index in [0.29, 0.717) is 18.5 Å². The lowest BCUT2D eigenvalue weighted by molar-refractivity contribution is -0.124. The number of rotatable bonds is 7. The van der Waals surface area contributed by atoms with Crippen LogP contribution in [-0.2, 0) is 28.0 Å². The van der Waals surface area contributed by atoms with Crippen LogP contribution < -0.4 is 5.32 Å². The Balaban J connectivity index is 1.05. The standard InChI is InChI=1S/C27H43N3O2S/c1-3-23-17-24-25(33-23)8-14-32-27(24)9-13-30(20(2)18-27)19-21-15-22(16-21)28-26(31)7-12-29-10-5-4-6-11-29/h17,20-22H,3-16,18-19H2,1-2H3,(H,28,31)/t20-,21-,22+,27+/m0/s1. The van der Waals surface area contributed by atoms with E-state index in [-0.39, 0.29) is 11.5 Å². The Morgan fingerprint density at radius 3 is 2.82 bits per heavy atom. The Kier molecular flexibility index (Phi) is 7.46. The van der Waals surface area contributed by atoms with Gasteiger partial charge in [0, 0.05) is 54.3 Å². The lowest BCUT2D eigenvalue weighted by Gasteiger charge is -2.49. The lowest BCUT2D eigenvalue weighted by Crippen LogP contribution is -2.54. The zero-order valence-corrected chi connectivity index (χ0v) is 21.6. The highest BCUT2D eigenvalue weighted by molar-refractivity contribution is 7.12. The summed E-state index contributed by atoms with van der Waals surface area (Å²) in [5.74, 6) is 0.981. The zero-order chi connectivity index (χ0) is 22.8. The number of aryl methyl sites for hydroxylation is 1. The molecule has 3 aliphatic heterocycles. The molecule has 5 nitrogen and oxygen atoms in total. The molecular formula is C27H43N3O2S. The van der Waals surface area contributed by atoms with Crippen molar-refractivity contribution in [2.75, 3.05) is 39.3 Å². The second-order valence-electron chi connectivity index (χ2n) is 11.0.